The molecule has 0 unspecified atom stereocenters. The summed E-state index contributed by atoms with van der Waals surface area (Å²) in [7, 11) is 3.36. The van der Waals surface area contributed by atoms with Gasteiger partial charge in [0.15, 0.2) is 0 Å². The molecule has 1 aliphatic rings. The van der Waals surface area contributed by atoms with Gasteiger partial charge in [-0.1, -0.05) is 11.6 Å². The number of nitrogens with one attached hydrogen (secondary N) is 2. The highest BCUT2D eigenvalue weighted by molar-refractivity contribution is 5.91. The van der Waals surface area contributed by atoms with Crippen molar-refractivity contribution < 1.29 is 9.53 Å². The van der Waals surface area contributed by atoms with Crippen molar-refractivity contribution in [2.45, 2.75) is 39.0 Å². The Morgan fingerprint density at radius 1 is 1.48 bits per heavy atom. The van der Waals surface area contributed by atoms with Crippen LogP contribution in [0.1, 0.15) is 37.8 Å². The third-order valence-electron chi connectivity index (χ3n) is 3.85. The molecule has 1 heterocycles. The molecule has 0 saturated carbocycles. The Morgan fingerprint density at radius 2 is 2.29 bits per heavy atom. The molecule has 0 atom stereocenters. The Hall–Kier alpha value is -1.98. The van der Waals surface area contributed by atoms with Gasteiger partial charge in [0.05, 0.1) is 12.8 Å². The van der Waals surface area contributed by atoms with Gasteiger partial charge in [0.2, 0.25) is 0 Å². The lowest BCUT2D eigenvalue weighted by Gasteiger charge is -2.13. The smallest absolute Gasteiger partial charge is 0.319 e. The van der Waals surface area contributed by atoms with E-state index >= 15 is 0 Å². The first-order valence-corrected chi connectivity index (χ1v) is 7.42. The molecular weight excluding hydrogens is 268 g/mol. The van der Waals surface area contributed by atoms with Crippen molar-refractivity contribution in [3.05, 3.63) is 17.3 Å². The highest BCUT2D eigenvalue weighted by atomic mass is 16.5. The van der Waals surface area contributed by atoms with Crippen molar-refractivity contribution in [1.82, 2.24) is 15.1 Å². The van der Waals surface area contributed by atoms with Crippen LogP contribution in [0.2, 0.25) is 0 Å². The number of hydrogen-bond donors (Lipinski definition) is 2. The highest BCUT2D eigenvalue weighted by Crippen LogP contribution is 2.26. The van der Waals surface area contributed by atoms with Crippen LogP contribution < -0.4 is 15.4 Å². The molecule has 1 aliphatic carbocycles. The third-order valence-corrected chi connectivity index (χ3v) is 3.85. The Labute approximate surface area is 125 Å². The van der Waals surface area contributed by atoms with Crippen molar-refractivity contribution >= 4 is 11.7 Å². The van der Waals surface area contributed by atoms with Crippen molar-refractivity contribution in [2.24, 2.45) is 7.05 Å². The van der Waals surface area contributed by atoms with E-state index in [0.29, 0.717) is 18.1 Å². The maximum absolute atomic E-state index is 11.9. The summed E-state index contributed by atoms with van der Waals surface area (Å²) in [5.74, 6) is 0.431. The zero-order valence-electron chi connectivity index (χ0n) is 13.0. The summed E-state index contributed by atoms with van der Waals surface area (Å²) in [6.45, 7) is 2.54. The molecule has 1 aromatic rings. The Balaban J connectivity index is 1.83. The van der Waals surface area contributed by atoms with E-state index in [2.05, 4.69) is 21.8 Å². The Kier molecular flexibility index (Phi) is 5.25. The lowest BCUT2D eigenvalue weighted by Crippen LogP contribution is -2.30. The monoisotopic (exact) mass is 292 g/mol. The van der Waals surface area contributed by atoms with Crippen LogP contribution in [0.15, 0.2) is 11.6 Å². The molecule has 0 aliphatic heterocycles. The third kappa shape index (κ3) is 4.00. The molecule has 6 nitrogen and oxygen atoms in total. The Bertz CT molecular complexity index is 534. The lowest BCUT2D eigenvalue weighted by atomic mass is 9.97. The topological polar surface area (TPSA) is 68.2 Å². The Morgan fingerprint density at radius 3 is 2.95 bits per heavy atom. The van der Waals surface area contributed by atoms with E-state index in [-0.39, 0.29) is 6.03 Å². The molecule has 2 rings (SSSR count). The second-order valence-corrected chi connectivity index (χ2v) is 5.33. The number of hydrogen-bond acceptors (Lipinski definition) is 3. The molecule has 0 bridgehead atoms. The van der Waals surface area contributed by atoms with Crippen LogP contribution in [0.4, 0.5) is 10.5 Å². The van der Waals surface area contributed by atoms with Gasteiger partial charge in [0, 0.05) is 13.6 Å². The van der Waals surface area contributed by atoms with E-state index in [4.69, 9.17) is 4.74 Å². The molecule has 0 radical (unpaired) electrons. The zero-order valence-corrected chi connectivity index (χ0v) is 13.0. The van der Waals surface area contributed by atoms with Crippen LogP contribution in [-0.4, -0.2) is 29.5 Å². The van der Waals surface area contributed by atoms with Crippen molar-refractivity contribution in [3.63, 3.8) is 0 Å². The summed E-state index contributed by atoms with van der Waals surface area (Å²) in [6, 6.07) is -0.221. The number of aryl methyl sites for hydroxylation is 1. The molecule has 0 spiro atoms. The number of rotatable bonds is 5. The lowest BCUT2D eigenvalue weighted by molar-refractivity contribution is 0.252. The predicted molar refractivity (Wildman–Crippen MR) is 82.7 cm³/mol. The number of anilines is 1. The van der Waals surface area contributed by atoms with Gasteiger partial charge >= 0.3 is 6.03 Å². The molecule has 0 saturated heterocycles. The van der Waals surface area contributed by atoms with Crippen molar-refractivity contribution in [3.8, 4) is 5.88 Å². The summed E-state index contributed by atoms with van der Waals surface area (Å²) in [5, 5.41) is 9.87. The standard InChI is InChI=1S/C15H24N4O2/c1-11-13(14(21-3)18-19(11)2)17-15(20)16-10-9-12-7-5-4-6-8-12/h7H,4-6,8-10H2,1-3H3,(H2,16,17,20). The first-order valence-electron chi connectivity index (χ1n) is 7.42. The normalized spacial score (nSPS) is 14.5. The summed E-state index contributed by atoms with van der Waals surface area (Å²) < 4.78 is 6.85. The van der Waals surface area contributed by atoms with E-state index in [1.807, 2.05) is 14.0 Å². The van der Waals surface area contributed by atoms with Gasteiger partial charge in [-0.15, -0.1) is 5.10 Å². The first-order chi connectivity index (χ1) is 10.1. The second kappa shape index (κ2) is 7.15. The summed E-state index contributed by atoms with van der Waals surface area (Å²) in [4.78, 5) is 11.9. The molecule has 0 fully saturated rings. The number of amides is 2. The van der Waals surface area contributed by atoms with Gasteiger partial charge in [-0.05, 0) is 39.0 Å². The molecular formula is C15H24N4O2. The zero-order chi connectivity index (χ0) is 15.2. The molecule has 0 aromatic carbocycles. The molecule has 1 aromatic heterocycles. The van der Waals surface area contributed by atoms with Crippen LogP contribution in [0.25, 0.3) is 0 Å². The predicted octanol–water partition coefficient (Wildman–Crippen LogP) is 2.75. The van der Waals surface area contributed by atoms with Gasteiger partial charge in [-0.2, -0.15) is 0 Å². The van der Waals surface area contributed by atoms with Crippen LogP contribution in [0, 0.1) is 6.92 Å². The van der Waals surface area contributed by atoms with Crippen LogP contribution in [-0.2, 0) is 7.05 Å². The van der Waals surface area contributed by atoms with E-state index in [1.165, 1.54) is 31.3 Å². The average molecular weight is 292 g/mol. The number of aromatic nitrogens is 2. The number of allylic oxidation sites excluding steroid dienone is 1. The minimum absolute atomic E-state index is 0.221. The first kappa shape index (κ1) is 15.4. The van der Waals surface area contributed by atoms with E-state index in [9.17, 15) is 4.79 Å². The maximum atomic E-state index is 11.9. The van der Waals surface area contributed by atoms with Gasteiger partial charge in [-0.3, -0.25) is 4.68 Å². The largest absolute Gasteiger partial charge is 0.478 e. The fourth-order valence-corrected chi connectivity index (χ4v) is 2.49. The number of methoxy groups -OCH3 is 1. The van der Waals surface area contributed by atoms with Crippen LogP contribution in [0.5, 0.6) is 5.88 Å². The molecule has 116 valence electrons. The fourth-order valence-electron chi connectivity index (χ4n) is 2.49. The number of ether oxygens (including phenoxy) is 1. The summed E-state index contributed by atoms with van der Waals surface area (Å²) >= 11 is 0. The maximum Gasteiger partial charge on any atom is 0.319 e. The number of carbonyl (C=O) groups is 1. The summed E-state index contributed by atoms with van der Waals surface area (Å²) in [6.07, 6.45) is 8.13. The molecule has 2 N–H and O–H groups in total. The number of urea groups is 1. The molecule has 2 amide bonds. The van der Waals surface area contributed by atoms with Gasteiger partial charge in [0.1, 0.15) is 5.69 Å². The second-order valence-electron chi connectivity index (χ2n) is 5.33. The fraction of sp³-hybridized carbons (Fsp3) is 0.600. The number of nitrogens with zero attached hydrogens (tertiary/aromatic N) is 2. The van der Waals surface area contributed by atoms with E-state index in [1.54, 1.807) is 11.8 Å². The number of carbonyl (C=O) groups excluding carboxylic acids is 1. The van der Waals surface area contributed by atoms with Crippen molar-refractivity contribution in [2.75, 3.05) is 19.0 Å². The van der Waals surface area contributed by atoms with E-state index in [0.717, 1.165) is 12.1 Å². The molecule has 6 heteroatoms. The molecule has 21 heavy (non-hydrogen) atoms. The van der Waals surface area contributed by atoms with Crippen LogP contribution >= 0.6 is 0 Å². The minimum atomic E-state index is -0.221. The SMILES string of the molecule is COc1nn(C)c(C)c1NC(=O)NCCC1=CCCCC1. The van der Waals surface area contributed by atoms with Gasteiger partial charge in [-0.25, -0.2) is 4.79 Å². The summed E-state index contributed by atoms with van der Waals surface area (Å²) in [5.41, 5.74) is 2.93. The quantitative estimate of drug-likeness (QED) is 0.820. The minimum Gasteiger partial charge on any atom is -0.478 e. The average Bonchev–Trinajstić information content (AvgIpc) is 2.76. The van der Waals surface area contributed by atoms with E-state index < -0.39 is 0 Å². The van der Waals surface area contributed by atoms with Gasteiger partial charge in [0.25, 0.3) is 5.88 Å². The van der Waals surface area contributed by atoms with Crippen molar-refractivity contribution in [1.29, 1.82) is 0 Å². The highest BCUT2D eigenvalue weighted by Gasteiger charge is 2.15. The van der Waals surface area contributed by atoms with Gasteiger partial charge < -0.3 is 15.4 Å². The van der Waals surface area contributed by atoms with Crippen LogP contribution in [0.3, 0.4) is 0 Å².